The molecule has 0 fully saturated rings. The number of rotatable bonds is 6. The van der Waals surface area contributed by atoms with Crippen LogP contribution in [-0.4, -0.2) is 39.0 Å². The van der Waals surface area contributed by atoms with E-state index in [2.05, 4.69) is 9.82 Å². The molecule has 3 rings (SSSR count). The number of hydrogen-bond donors (Lipinski definition) is 1. The van der Waals surface area contributed by atoms with Crippen molar-refractivity contribution in [3.63, 3.8) is 0 Å². The third-order valence-corrected chi connectivity index (χ3v) is 7.25. The molecule has 0 unspecified atom stereocenters. The summed E-state index contributed by atoms with van der Waals surface area (Å²) in [5, 5.41) is 6.22. The van der Waals surface area contributed by atoms with Crippen molar-refractivity contribution in [2.45, 2.75) is 19.4 Å². The third-order valence-electron chi connectivity index (χ3n) is 3.96. The summed E-state index contributed by atoms with van der Waals surface area (Å²) in [5.74, 6) is -0.00667. The minimum Gasteiger partial charge on any atom is -0.284 e. The molecule has 0 bridgehead atoms. The van der Waals surface area contributed by atoms with Crippen molar-refractivity contribution < 1.29 is 16.8 Å². The summed E-state index contributed by atoms with van der Waals surface area (Å²) < 4.78 is 51.1. The van der Waals surface area contributed by atoms with Crippen LogP contribution in [0.3, 0.4) is 0 Å². The van der Waals surface area contributed by atoms with Gasteiger partial charge in [0.25, 0.3) is 0 Å². The Hall–Kier alpha value is -1.91. The number of hydrazone groups is 1. The summed E-state index contributed by atoms with van der Waals surface area (Å²) in [4.78, 5) is 0.932. The predicted molar refractivity (Wildman–Crippen MR) is 104 cm³/mol. The van der Waals surface area contributed by atoms with Crippen molar-refractivity contribution in [2.75, 3.05) is 16.7 Å². The molecule has 1 aromatic carbocycles. The Morgan fingerprint density at radius 1 is 1.19 bits per heavy atom. The molecule has 0 saturated carbocycles. The standard InChI is InChI=1S/C16H19N3O4S3/c1-3-26(22,23)18-13-8-6-12(7-9-13)14-11-15(16-5-4-10-24-16)19(17-14)25(2,20)21/h4-10,15,18H,3,11H2,1-2H3/t15-/m0/s1. The monoisotopic (exact) mass is 413 g/mol. The van der Waals surface area contributed by atoms with E-state index < -0.39 is 20.0 Å². The molecule has 0 aliphatic carbocycles. The molecule has 0 spiro atoms. The summed E-state index contributed by atoms with van der Waals surface area (Å²) in [7, 11) is -6.83. The second-order valence-electron chi connectivity index (χ2n) is 5.90. The number of hydrogen-bond acceptors (Lipinski definition) is 6. The van der Waals surface area contributed by atoms with Gasteiger partial charge < -0.3 is 0 Å². The number of anilines is 1. The van der Waals surface area contributed by atoms with Gasteiger partial charge in [0.05, 0.1) is 17.7 Å². The van der Waals surface area contributed by atoms with Gasteiger partial charge in [-0.15, -0.1) is 11.3 Å². The van der Waals surface area contributed by atoms with E-state index in [1.165, 1.54) is 11.3 Å². The van der Waals surface area contributed by atoms with E-state index in [9.17, 15) is 16.8 Å². The van der Waals surface area contributed by atoms with Gasteiger partial charge in [-0.25, -0.2) is 16.8 Å². The van der Waals surface area contributed by atoms with Crippen molar-refractivity contribution >= 4 is 42.8 Å². The lowest BCUT2D eigenvalue weighted by molar-refractivity contribution is 0.379. The number of nitrogens with zero attached hydrogens (tertiary/aromatic N) is 2. The molecule has 26 heavy (non-hydrogen) atoms. The van der Waals surface area contributed by atoms with Gasteiger partial charge in [0, 0.05) is 17.0 Å². The Balaban J connectivity index is 1.87. The van der Waals surface area contributed by atoms with Crippen molar-refractivity contribution in [3.05, 3.63) is 52.2 Å². The van der Waals surface area contributed by atoms with Crippen molar-refractivity contribution in [2.24, 2.45) is 5.10 Å². The predicted octanol–water partition coefficient (Wildman–Crippen LogP) is 2.62. The number of thiophene rings is 1. The molecule has 2 aromatic rings. The summed E-state index contributed by atoms with van der Waals surface area (Å²) in [6.07, 6.45) is 1.61. The van der Waals surface area contributed by atoms with Crippen LogP contribution in [0.15, 0.2) is 46.9 Å². The highest BCUT2D eigenvalue weighted by atomic mass is 32.2. The Labute approximate surface area is 157 Å². The van der Waals surface area contributed by atoms with Crippen LogP contribution >= 0.6 is 11.3 Å². The number of sulfonamides is 2. The maximum atomic E-state index is 12.1. The van der Waals surface area contributed by atoms with Gasteiger partial charge in [0.2, 0.25) is 20.0 Å². The summed E-state index contributed by atoms with van der Waals surface area (Å²) >= 11 is 1.49. The number of benzene rings is 1. The van der Waals surface area contributed by atoms with E-state index in [0.29, 0.717) is 17.8 Å². The first-order valence-electron chi connectivity index (χ1n) is 7.91. The molecule has 1 aromatic heterocycles. The highest BCUT2D eigenvalue weighted by Crippen LogP contribution is 2.36. The van der Waals surface area contributed by atoms with Crippen LogP contribution in [0.1, 0.15) is 29.8 Å². The highest BCUT2D eigenvalue weighted by molar-refractivity contribution is 7.92. The molecule has 0 amide bonds. The van der Waals surface area contributed by atoms with Gasteiger partial charge in [0.1, 0.15) is 6.04 Å². The van der Waals surface area contributed by atoms with Gasteiger partial charge in [-0.1, -0.05) is 18.2 Å². The Bertz CT molecular complexity index is 1010. The normalized spacial score (nSPS) is 18.0. The zero-order chi connectivity index (χ0) is 18.9. The Kier molecular flexibility index (Phi) is 5.09. The zero-order valence-electron chi connectivity index (χ0n) is 14.3. The minimum absolute atomic E-state index is 0.00667. The van der Waals surface area contributed by atoms with E-state index in [-0.39, 0.29) is 11.8 Å². The van der Waals surface area contributed by atoms with Gasteiger partial charge in [0.15, 0.2) is 0 Å². The molecule has 0 radical (unpaired) electrons. The molecule has 1 atom stereocenters. The van der Waals surface area contributed by atoms with Crippen LogP contribution in [0.2, 0.25) is 0 Å². The Morgan fingerprint density at radius 3 is 2.42 bits per heavy atom. The summed E-state index contributed by atoms with van der Waals surface area (Å²) in [6, 6.07) is 10.2. The van der Waals surface area contributed by atoms with E-state index in [4.69, 9.17) is 0 Å². The molecule has 10 heteroatoms. The maximum absolute atomic E-state index is 12.1. The molecule has 1 aliphatic heterocycles. The van der Waals surface area contributed by atoms with E-state index >= 15 is 0 Å². The fourth-order valence-electron chi connectivity index (χ4n) is 2.64. The fraction of sp³-hybridized carbons (Fsp3) is 0.312. The molecule has 7 nitrogen and oxygen atoms in total. The third kappa shape index (κ3) is 4.08. The van der Waals surface area contributed by atoms with Crippen LogP contribution < -0.4 is 4.72 Å². The highest BCUT2D eigenvalue weighted by Gasteiger charge is 2.35. The van der Waals surface area contributed by atoms with Crippen LogP contribution in [0.4, 0.5) is 5.69 Å². The lowest BCUT2D eigenvalue weighted by Gasteiger charge is -2.19. The zero-order valence-corrected chi connectivity index (χ0v) is 16.7. The lowest BCUT2D eigenvalue weighted by atomic mass is 10.0. The second-order valence-corrected chi connectivity index (χ2v) is 10.7. The van der Waals surface area contributed by atoms with Crippen molar-refractivity contribution in [1.82, 2.24) is 4.41 Å². The number of nitrogens with one attached hydrogen (secondary N) is 1. The summed E-state index contributed by atoms with van der Waals surface area (Å²) in [5.41, 5.74) is 1.87. The first kappa shape index (κ1) is 18.9. The van der Waals surface area contributed by atoms with Crippen molar-refractivity contribution in [3.8, 4) is 0 Å². The molecule has 2 heterocycles. The minimum atomic E-state index is -3.49. The van der Waals surface area contributed by atoms with Crippen LogP contribution in [-0.2, 0) is 20.0 Å². The lowest BCUT2D eigenvalue weighted by Crippen LogP contribution is -2.25. The van der Waals surface area contributed by atoms with Gasteiger partial charge in [-0.2, -0.15) is 9.52 Å². The fourth-order valence-corrected chi connectivity index (χ4v) is 5.06. The average molecular weight is 414 g/mol. The first-order chi connectivity index (χ1) is 12.2. The van der Waals surface area contributed by atoms with E-state index in [1.54, 1.807) is 31.2 Å². The molecular weight excluding hydrogens is 394 g/mol. The largest absolute Gasteiger partial charge is 0.284 e. The topological polar surface area (TPSA) is 95.9 Å². The van der Waals surface area contributed by atoms with Crippen LogP contribution in [0, 0.1) is 0 Å². The molecular formula is C16H19N3O4S3. The maximum Gasteiger partial charge on any atom is 0.247 e. The van der Waals surface area contributed by atoms with Gasteiger partial charge in [-0.3, -0.25) is 4.72 Å². The van der Waals surface area contributed by atoms with Gasteiger partial charge >= 0.3 is 0 Å². The van der Waals surface area contributed by atoms with Crippen molar-refractivity contribution in [1.29, 1.82) is 0 Å². The van der Waals surface area contributed by atoms with Crippen LogP contribution in [0.25, 0.3) is 0 Å². The molecule has 1 aliphatic rings. The second kappa shape index (κ2) is 7.01. The molecule has 1 N–H and O–H groups in total. The quantitative estimate of drug-likeness (QED) is 0.787. The SMILES string of the molecule is CCS(=O)(=O)Nc1ccc(C2=NN(S(C)(=O)=O)[C@H](c3cccs3)C2)cc1. The van der Waals surface area contributed by atoms with Crippen LogP contribution in [0.5, 0.6) is 0 Å². The molecule has 0 saturated heterocycles. The summed E-state index contributed by atoms with van der Waals surface area (Å²) in [6.45, 7) is 1.56. The van der Waals surface area contributed by atoms with E-state index in [0.717, 1.165) is 21.1 Å². The first-order valence-corrected chi connectivity index (χ1v) is 12.3. The average Bonchev–Trinajstić information content (AvgIpc) is 3.24. The van der Waals surface area contributed by atoms with Gasteiger partial charge in [-0.05, 0) is 36.1 Å². The molecule has 140 valence electrons. The Morgan fingerprint density at radius 2 is 1.88 bits per heavy atom. The smallest absolute Gasteiger partial charge is 0.247 e. The van der Waals surface area contributed by atoms with E-state index in [1.807, 2.05) is 17.5 Å².